The van der Waals surface area contributed by atoms with Crippen LogP contribution in [0.1, 0.15) is 11.1 Å². The Morgan fingerprint density at radius 3 is 2.43 bits per heavy atom. The zero-order valence-corrected chi connectivity index (χ0v) is 12.4. The highest BCUT2D eigenvalue weighted by Gasteiger charge is 2.07. The second kappa shape index (κ2) is 5.88. The summed E-state index contributed by atoms with van der Waals surface area (Å²) >= 11 is 0. The van der Waals surface area contributed by atoms with Gasteiger partial charge < -0.3 is 10.1 Å². The maximum absolute atomic E-state index is 5.52. The van der Waals surface area contributed by atoms with E-state index in [1.54, 1.807) is 7.11 Å². The molecule has 0 saturated heterocycles. The van der Waals surface area contributed by atoms with E-state index in [0.29, 0.717) is 0 Å². The molecule has 3 aromatic rings. The number of rotatable bonds is 4. The van der Waals surface area contributed by atoms with Crippen molar-refractivity contribution in [2.75, 3.05) is 12.4 Å². The number of methoxy groups -OCH3 is 1. The van der Waals surface area contributed by atoms with Gasteiger partial charge in [-0.2, -0.15) is 0 Å². The van der Waals surface area contributed by atoms with E-state index in [4.69, 9.17) is 4.74 Å². The molecule has 0 aromatic heterocycles. The maximum Gasteiger partial charge on any atom is 0.124 e. The summed E-state index contributed by atoms with van der Waals surface area (Å²) in [4.78, 5) is 0. The van der Waals surface area contributed by atoms with Gasteiger partial charge in [-0.15, -0.1) is 0 Å². The van der Waals surface area contributed by atoms with Gasteiger partial charge in [0.15, 0.2) is 0 Å². The molecule has 21 heavy (non-hydrogen) atoms. The third kappa shape index (κ3) is 2.84. The Morgan fingerprint density at radius 1 is 0.905 bits per heavy atom. The van der Waals surface area contributed by atoms with Gasteiger partial charge in [0, 0.05) is 17.8 Å². The van der Waals surface area contributed by atoms with Crippen LogP contribution >= 0.6 is 0 Å². The van der Waals surface area contributed by atoms with E-state index in [0.717, 1.165) is 18.0 Å². The fourth-order valence-corrected chi connectivity index (χ4v) is 2.55. The molecular weight excluding hydrogens is 258 g/mol. The number of anilines is 1. The van der Waals surface area contributed by atoms with Gasteiger partial charge in [0.25, 0.3) is 0 Å². The van der Waals surface area contributed by atoms with Crippen molar-refractivity contribution >= 4 is 16.5 Å². The van der Waals surface area contributed by atoms with Crippen molar-refractivity contribution in [3.63, 3.8) is 0 Å². The molecule has 0 aliphatic carbocycles. The minimum atomic E-state index is 0.744. The zero-order valence-electron chi connectivity index (χ0n) is 12.4. The van der Waals surface area contributed by atoms with Crippen LogP contribution in [0.4, 0.5) is 5.69 Å². The Hall–Kier alpha value is -2.48. The number of aryl methyl sites for hydroxylation is 1. The summed E-state index contributed by atoms with van der Waals surface area (Å²) in [6.07, 6.45) is 0. The summed E-state index contributed by atoms with van der Waals surface area (Å²) in [5, 5.41) is 5.94. The first-order valence-electron chi connectivity index (χ1n) is 7.13. The largest absolute Gasteiger partial charge is 0.496 e. The molecule has 2 nitrogen and oxygen atoms in total. The molecule has 0 aliphatic heterocycles. The zero-order chi connectivity index (χ0) is 14.7. The summed E-state index contributed by atoms with van der Waals surface area (Å²) in [6, 6.07) is 21.0. The van der Waals surface area contributed by atoms with Crippen LogP contribution in [0, 0.1) is 6.92 Å². The van der Waals surface area contributed by atoms with Crippen LogP contribution in [-0.2, 0) is 6.54 Å². The molecule has 0 spiro atoms. The molecule has 0 bridgehead atoms. The molecule has 3 aromatic carbocycles. The van der Waals surface area contributed by atoms with Crippen LogP contribution in [0.5, 0.6) is 5.75 Å². The first kappa shape index (κ1) is 13.5. The van der Waals surface area contributed by atoms with E-state index in [1.165, 1.54) is 21.9 Å². The van der Waals surface area contributed by atoms with Crippen molar-refractivity contribution in [1.82, 2.24) is 0 Å². The fraction of sp³-hybridized carbons (Fsp3) is 0.158. The Morgan fingerprint density at radius 2 is 1.67 bits per heavy atom. The lowest BCUT2D eigenvalue weighted by Gasteiger charge is -2.14. The van der Waals surface area contributed by atoms with Crippen LogP contribution in [0.25, 0.3) is 10.8 Å². The summed E-state index contributed by atoms with van der Waals surface area (Å²) in [6.45, 7) is 2.84. The van der Waals surface area contributed by atoms with Gasteiger partial charge in [-0.1, -0.05) is 48.0 Å². The van der Waals surface area contributed by atoms with E-state index in [-0.39, 0.29) is 0 Å². The normalized spacial score (nSPS) is 10.6. The highest BCUT2D eigenvalue weighted by Crippen LogP contribution is 2.28. The highest BCUT2D eigenvalue weighted by atomic mass is 16.5. The first-order valence-corrected chi connectivity index (χ1v) is 7.13. The second-order valence-electron chi connectivity index (χ2n) is 5.19. The molecule has 2 heteroatoms. The van der Waals surface area contributed by atoms with Crippen molar-refractivity contribution in [3.05, 3.63) is 71.8 Å². The Balaban J connectivity index is 1.93. The van der Waals surface area contributed by atoms with E-state index in [9.17, 15) is 0 Å². The molecule has 0 fully saturated rings. The van der Waals surface area contributed by atoms with Crippen molar-refractivity contribution in [2.24, 2.45) is 0 Å². The van der Waals surface area contributed by atoms with Crippen molar-refractivity contribution in [1.29, 1.82) is 0 Å². The van der Waals surface area contributed by atoms with Gasteiger partial charge >= 0.3 is 0 Å². The van der Waals surface area contributed by atoms with E-state index >= 15 is 0 Å². The Kier molecular flexibility index (Phi) is 3.78. The highest BCUT2D eigenvalue weighted by molar-refractivity contribution is 5.88. The third-order valence-electron chi connectivity index (χ3n) is 3.74. The third-order valence-corrected chi connectivity index (χ3v) is 3.74. The first-order chi connectivity index (χ1) is 10.3. The molecule has 106 valence electrons. The van der Waals surface area contributed by atoms with Crippen LogP contribution in [0.3, 0.4) is 0 Å². The number of ether oxygens (including phenoxy) is 1. The average molecular weight is 277 g/mol. The molecule has 0 saturated carbocycles. The molecule has 0 radical (unpaired) electrons. The molecule has 1 N–H and O–H groups in total. The lowest BCUT2D eigenvalue weighted by molar-refractivity contribution is 0.411. The number of nitrogens with one attached hydrogen (secondary N) is 1. The van der Waals surface area contributed by atoms with Gasteiger partial charge in [-0.3, -0.25) is 0 Å². The van der Waals surface area contributed by atoms with Crippen LogP contribution in [-0.4, -0.2) is 7.11 Å². The monoisotopic (exact) mass is 277 g/mol. The van der Waals surface area contributed by atoms with Gasteiger partial charge in [0.05, 0.1) is 7.11 Å². The van der Waals surface area contributed by atoms with Crippen molar-refractivity contribution < 1.29 is 4.74 Å². The summed E-state index contributed by atoms with van der Waals surface area (Å²) in [5.74, 6) is 0.924. The quantitative estimate of drug-likeness (QED) is 0.741. The van der Waals surface area contributed by atoms with Gasteiger partial charge in [-0.25, -0.2) is 0 Å². The van der Waals surface area contributed by atoms with Crippen LogP contribution < -0.4 is 10.1 Å². The Labute approximate surface area is 125 Å². The molecule has 3 rings (SSSR count). The molecule has 0 atom stereocenters. The smallest absolute Gasteiger partial charge is 0.124 e. The Bertz CT molecular complexity index is 747. The standard InChI is InChI=1S/C19H19NO/c1-14-7-10-16(11-8-14)20-13-18-17-6-4-3-5-15(17)9-12-19(18)21-2/h3-12,20H,13H2,1-2H3. The van der Waals surface area contributed by atoms with Crippen LogP contribution in [0.2, 0.25) is 0 Å². The number of hydrogen-bond acceptors (Lipinski definition) is 2. The molecular formula is C19H19NO. The van der Waals surface area contributed by atoms with Gasteiger partial charge in [0.2, 0.25) is 0 Å². The number of hydrogen-bond donors (Lipinski definition) is 1. The molecule has 0 amide bonds. The fourth-order valence-electron chi connectivity index (χ4n) is 2.55. The molecule has 0 unspecified atom stereocenters. The molecule has 0 aliphatic rings. The topological polar surface area (TPSA) is 21.3 Å². The summed E-state index contributed by atoms with van der Waals surface area (Å²) < 4.78 is 5.52. The summed E-state index contributed by atoms with van der Waals surface area (Å²) in [7, 11) is 1.72. The summed E-state index contributed by atoms with van der Waals surface area (Å²) in [5.41, 5.74) is 3.58. The van der Waals surface area contributed by atoms with Crippen molar-refractivity contribution in [3.8, 4) is 5.75 Å². The van der Waals surface area contributed by atoms with Crippen LogP contribution in [0.15, 0.2) is 60.7 Å². The van der Waals surface area contributed by atoms with E-state index < -0.39 is 0 Å². The minimum absolute atomic E-state index is 0.744. The molecule has 0 heterocycles. The number of benzene rings is 3. The van der Waals surface area contributed by atoms with Gasteiger partial charge in [-0.05, 0) is 35.9 Å². The van der Waals surface area contributed by atoms with Gasteiger partial charge in [0.1, 0.15) is 5.75 Å². The van der Waals surface area contributed by atoms with E-state index in [1.807, 2.05) is 6.07 Å². The minimum Gasteiger partial charge on any atom is -0.496 e. The number of fused-ring (bicyclic) bond motifs is 1. The average Bonchev–Trinajstić information content (AvgIpc) is 2.54. The predicted octanol–water partition coefficient (Wildman–Crippen LogP) is 4.77. The maximum atomic E-state index is 5.52. The lowest BCUT2D eigenvalue weighted by Crippen LogP contribution is -2.02. The van der Waals surface area contributed by atoms with E-state index in [2.05, 4.69) is 66.8 Å². The van der Waals surface area contributed by atoms with Crippen molar-refractivity contribution in [2.45, 2.75) is 13.5 Å². The second-order valence-corrected chi connectivity index (χ2v) is 5.19. The predicted molar refractivity (Wildman–Crippen MR) is 89.0 cm³/mol. The lowest BCUT2D eigenvalue weighted by atomic mass is 10.0. The SMILES string of the molecule is COc1ccc2ccccc2c1CNc1ccc(C)cc1.